The van der Waals surface area contributed by atoms with E-state index in [2.05, 4.69) is 36.4 Å². The fraction of sp³-hybridized carbons (Fsp3) is 0.0870. The van der Waals surface area contributed by atoms with Gasteiger partial charge in [-0.1, -0.05) is 103 Å². The number of carboxylic acid groups (broad SMARTS) is 1. The molecule has 0 radical (unpaired) electrons. The molecule has 0 aromatic heterocycles. The average Bonchev–Trinajstić information content (AvgIpc) is 2.68. The van der Waals surface area contributed by atoms with Crippen molar-refractivity contribution < 1.29 is 9.90 Å². The minimum absolute atomic E-state index is 0.406. The average molecular weight is 330 g/mol. The lowest BCUT2D eigenvalue weighted by Crippen LogP contribution is -2.06. The van der Waals surface area contributed by atoms with Gasteiger partial charge in [0, 0.05) is 0 Å². The van der Waals surface area contributed by atoms with Crippen LogP contribution in [0.5, 0.6) is 0 Å². The first-order valence-corrected chi connectivity index (χ1v) is 8.23. The molecule has 126 valence electrons. The number of hydrogen-bond donors (Lipinski definition) is 1. The van der Waals surface area contributed by atoms with E-state index in [1.807, 2.05) is 66.7 Å². The molecule has 0 heterocycles. The van der Waals surface area contributed by atoms with E-state index in [1.165, 1.54) is 11.1 Å². The topological polar surface area (TPSA) is 37.3 Å². The van der Waals surface area contributed by atoms with E-state index < -0.39 is 11.9 Å². The van der Waals surface area contributed by atoms with Gasteiger partial charge in [0.05, 0.1) is 5.92 Å². The van der Waals surface area contributed by atoms with Gasteiger partial charge < -0.3 is 5.11 Å². The van der Waals surface area contributed by atoms with Gasteiger partial charge in [-0.2, -0.15) is 0 Å². The van der Waals surface area contributed by atoms with E-state index in [4.69, 9.17) is 5.11 Å². The Kier molecular flexibility index (Phi) is 7.20. The monoisotopic (exact) mass is 330 g/mol. The zero-order valence-electron chi connectivity index (χ0n) is 14.2. The molecule has 0 amide bonds. The Balaban J connectivity index is 0.000000186. The van der Waals surface area contributed by atoms with Crippen LogP contribution in [0.3, 0.4) is 0 Å². The van der Waals surface area contributed by atoms with Crippen molar-refractivity contribution in [3.05, 3.63) is 108 Å². The Labute approximate surface area is 149 Å². The summed E-state index contributed by atoms with van der Waals surface area (Å²) in [5.41, 5.74) is 3.31. The van der Waals surface area contributed by atoms with Crippen molar-refractivity contribution in [2.75, 3.05) is 0 Å². The van der Waals surface area contributed by atoms with Crippen LogP contribution in [0.2, 0.25) is 0 Å². The fourth-order valence-electron chi connectivity index (χ4n) is 2.21. The van der Waals surface area contributed by atoms with E-state index in [0.717, 1.165) is 5.56 Å². The van der Waals surface area contributed by atoms with Gasteiger partial charge in [0.1, 0.15) is 0 Å². The van der Waals surface area contributed by atoms with Crippen LogP contribution in [-0.4, -0.2) is 11.1 Å². The Hall–Kier alpha value is -3.13. The summed E-state index contributed by atoms with van der Waals surface area (Å²) < 4.78 is 0. The molecule has 2 heteroatoms. The number of hydrogen-bond acceptors (Lipinski definition) is 1. The molecule has 3 aromatic carbocycles. The lowest BCUT2D eigenvalue weighted by atomic mass is 10.0. The zero-order valence-corrected chi connectivity index (χ0v) is 14.2. The molecular formula is C23H22O2. The highest BCUT2D eigenvalue weighted by atomic mass is 16.4. The zero-order chi connectivity index (χ0) is 17.9. The molecule has 25 heavy (non-hydrogen) atoms. The first-order chi connectivity index (χ1) is 12.2. The molecule has 0 aliphatic heterocycles. The molecule has 0 saturated heterocycles. The van der Waals surface area contributed by atoms with Gasteiger partial charge in [0.15, 0.2) is 0 Å². The van der Waals surface area contributed by atoms with Gasteiger partial charge in [-0.3, -0.25) is 4.79 Å². The van der Waals surface area contributed by atoms with Crippen LogP contribution in [0.15, 0.2) is 91.0 Å². The van der Waals surface area contributed by atoms with Crippen molar-refractivity contribution in [2.45, 2.75) is 12.8 Å². The summed E-state index contributed by atoms with van der Waals surface area (Å²) in [5.74, 6) is -1.19. The lowest BCUT2D eigenvalue weighted by Gasteiger charge is -2.04. The molecule has 1 unspecified atom stereocenters. The molecule has 3 aromatic rings. The quantitative estimate of drug-likeness (QED) is 0.620. The third-order valence-electron chi connectivity index (χ3n) is 3.74. The summed E-state index contributed by atoms with van der Waals surface area (Å²) in [7, 11) is 0. The van der Waals surface area contributed by atoms with E-state index in [0.29, 0.717) is 0 Å². The van der Waals surface area contributed by atoms with Crippen molar-refractivity contribution in [2.24, 2.45) is 0 Å². The SMILES string of the molecule is C(=Cc1ccccc1)c1ccccc1.CC(C(=O)O)c1ccccc1. The minimum Gasteiger partial charge on any atom is -0.481 e. The highest BCUT2D eigenvalue weighted by molar-refractivity contribution is 5.75. The standard InChI is InChI=1S/C14H12.C9H10O2/c1-3-7-13(8-4-1)11-12-14-9-5-2-6-10-14;1-7(9(10)11)8-5-3-2-4-6-8/h1-12H;2-7H,1H3,(H,10,11). The van der Waals surface area contributed by atoms with E-state index in [9.17, 15) is 4.79 Å². The van der Waals surface area contributed by atoms with Crippen molar-refractivity contribution in [1.29, 1.82) is 0 Å². The van der Waals surface area contributed by atoms with Gasteiger partial charge in [-0.15, -0.1) is 0 Å². The summed E-state index contributed by atoms with van der Waals surface area (Å²) in [5, 5.41) is 8.64. The predicted molar refractivity (Wildman–Crippen MR) is 104 cm³/mol. The van der Waals surface area contributed by atoms with Crippen LogP contribution in [0, 0.1) is 0 Å². The van der Waals surface area contributed by atoms with Crippen molar-refractivity contribution in [3.63, 3.8) is 0 Å². The van der Waals surface area contributed by atoms with Gasteiger partial charge in [0.25, 0.3) is 0 Å². The van der Waals surface area contributed by atoms with E-state index >= 15 is 0 Å². The summed E-state index contributed by atoms with van der Waals surface area (Å²) in [6.45, 7) is 1.68. The molecule has 0 fully saturated rings. The summed E-state index contributed by atoms with van der Waals surface area (Å²) in [4.78, 5) is 10.5. The number of rotatable bonds is 4. The third kappa shape index (κ3) is 6.48. The minimum atomic E-state index is -0.781. The van der Waals surface area contributed by atoms with Gasteiger partial charge in [-0.05, 0) is 23.6 Å². The van der Waals surface area contributed by atoms with Crippen LogP contribution in [0.1, 0.15) is 29.5 Å². The Bertz CT molecular complexity index is 737. The summed E-state index contributed by atoms with van der Waals surface area (Å²) in [6.07, 6.45) is 4.24. The summed E-state index contributed by atoms with van der Waals surface area (Å²) in [6, 6.07) is 29.8. The van der Waals surface area contributed by atoms with Gasteiger partial charge in [0.2, 0.25) is 0 Å². The fourth-order valence-corrected chi connectivity index (χ4v) is 2.21. The Morgan fingerprint density at radius 2 is 1.08 bits per heavy atom. The van der Waals surface area contributed by atoms with Crippen LogP contribution in [0.4, 0.5) is 0 Å². The van der Waals surface area contributed by atoms with Crippen molar-refractivity contribution >= 4 is 18.1 Å². The van der Waals surface area contributed by atoms with Crippen LogP contribution in [0.25, 0.3) is 12.2 Å². The second-order valence-corrected chi connectivity index (χ2v) is 5.63. The highest BCUT2D eigenvalue weighted by Crippen LogP contribution is 2.13. The smallest absolute Gasteiger partial charge is 0.310 e. The predicted octanol–water partition coefficient (Wildman–Crippen LogP) is 5.73. The normalized spacial score (nSPS) is 11.4. The number of carbonyl (C=O) groups is 1. The molecule has 0 saturated carbocycles. The maximum absolute atomic E-state index is 10.5. The van der Waals surface area contributed by atoms with Crippen LogP contribution < -0.4 is 0 Å². The Morgan fingerprint density at radius 3 is 1.44 bits per heavy atom. The first-order valence-electron chi connectivity index (χ1n) is 8.23. The molecule has 2 nitrogen and oxygen atoms in total. The van der Waals surface area contributed by atoms with Crippen molar-refractivity contribution in [1.82, 2.24) is 0 Å². The molecule has 0 aliphatic rings. The lowest BCUT2D eigenvalue weighted by molar-refractivity contribution is -0.138. The number of carboxylic acids is 1. The van der Waals surface area contributed by atoms with Crippen LogP contribution >= 0.6 is 0 Å². The number of aliphatic carboxylic acids is 1. The maximum Gasteiger partial charge on any atom is 0.310 e. The van der Waals surface area contributed by atoms with Crippen molar-refractivity contribution in [3.8, 4) is 0 Å². The molecule has 1 N–H and O–H groups in total. The first kappa shape index (κ1) is 18.2. The van der Waals surface area contributed by atoms with E-state index in [-0.39, 0.29) is 0 Å². The molecular weight excluding hydrogens is 308 g/mol. The second kappa shape index (κ2) is 9.89. The molecule has 0 spiro atoms. The summed E-state index contributed by atoms with van der Waals surface area (Å²) >= 11 is 0. The molecule has 0 aliphatic carbocycles. The molecule has 3 rings (SSSR count). The third-order valence-corrected chi connectivity index (χ3v) is 3.74. The maximum atomic E-state index is 10.5. The molecule has 1 atom stereocenters. The van der Waals surface area contributed by atoms with Gasteiger partial charge >= 0.3 is 5.97 Å². The largest absolute Gasteiger partial charge is 0.481 e. The number of benzene rings is 3. The second-order valence-electron chi connectivity index (χ2n) is 5.63. The van der Waals surface area contributed by atoms with Gasteiger partial charge in [-0.25, -0.2) is 0 Å². The van der Waals surface area contributed by atoms with Crippen LogP contribution in [-0.2, 0) is 4.79 Å². The van der Waals surface area contributed by atoms with E-state index in [1.54, 1.807) is 6.92 Å². The highest BCUT2D eigenvalue weighted by Gasteiger charge is 2.11. The molecule has 0 bridgehead atoms. The Morgan fingerprint density at radius 1 is 0.720 bits per heavy atom.